The molecule has 0 radical (unpaired) electrons. The van der Waals surface area contributed by atoms with Crippen LogP contribution in [-0.4, -0.2) is 22.1 Å². The van der Waals surface area contributed by atoms with Crippen LogP contribution in [0, 0.1) is 5.92 Å². The fourth-order valence-electron chi connectivity index (χ4n) is 3.34. The Labute approximate surface area is 117 Å². The van der Waals surface area contributed by atoms with Crippen molar-refractivity contribution in [2.45, 2.75) is 71.4 Å². The van der Waals surface area contributed by atoms with Crippen LogP contribution in [0.5, 0.6) is 0 Å². The summed E-state index contributed by atoms with van der Waals surface area (Å²) in [4.78, 5) is 4.51. The van der Waals surface area contributed by atoms with Gasteiger partial charge in [0.25, 0.3) is 0 Å². The fourth-order valence-corrected chi connectivity index (χ4v) is 3.34. The zero-order valence-corrected chi connectivity index (χ0v) is 12.6. The zero-order chi connectivity index (χ0) is 13.5. The summed E-state index contributed by atoms with van der Waals surface area (Å²) in [5.41, 5.74) is 0. The number of hydrogen-bond donors (Lipinski definition) is 1. The van der Waals surface area contributed by atoms with Crippen molar-refractivity contribution in [3.63, 3.8) is 0 Å². The molecule has 1 aliphatic rings. The fraction of sp³-hybridized carbons (Fsp3) is 0.812. The Morgan fingerprint density at radius 3 is 2.84 bits per heavy atom. The third kappa shape index (κ3) is 4.34. The van der Waals surface area contributed by atoms with Crippen LogP contribution >= 0.6 is 0 Å². The van der Waals surface area contributed by atoms with Crippen molar-refractivity contribution in [3.8, 4) is 0 Å². The molecule has 3 heteroatoms. The van der Waals surface area contributed by atoms with Gasteiger partial charge in [0.2, 0.25) is 0 Å². The second-order valence-corrected chi connectivity index (χ2v) is 5.82. The molecule has 19 heavy (non-hydrogen) atoms. The lowest BCUT2D eigenvalue weighted by Crippen LogP contribution is -2.32. The molecular formula is C16H29N3. The molecule has 1 fully saturated rings. The van der Waals surface area contributed by atoms with Crippen LogP contribution in [0.2, 0.25) is 0 Å². The van der Waals surface area contributed by atoms with Gasteiger partial charge in [-0.05, 0) is 32.2 Å². The molecule has 1 aromatic rings. The molecule has 1 N–H and O–H groups in total. The Hall–Kier alpha value is -0.830. The van der Waals surface area contributed by atoms with Gasteiger partial charge in [0.05, 0.1) is 0 Å². The van der Waals surface area contributed by atoms with Crippen LogP contribution in [0.1, 0.15) is 58.2 Å². The monoisotopic (exact) mass is 263 g/mol. The molecule has 0 saturated heterocycles. The number of aromatic nitrogens is 2. The smallest absolute Gasteiger partial charge is 0.110 e. The Bertz CT molecular complexity index is 353. The lowest BCUT2D eigenvalue weighted by molar-refractivity contribution is 0.400. The topological polar surface area (TPSA) is 29.9 Å². The Balaban J connectivity index is 1.84. The molecular weight excluding hydrogens is 234 g/mol. The van der Waals surface area contributed by atoms with E-state index in [0.29, 0.717) is 6.04 Å². The number of aryl methyl sites for hydroxylation is 1. The van der Waals surface area contributed by atoms with Gasteiger partial charge in [0.1, 0.15) is 5.82 Å². The maximum Gasteiger partial charge on any atom is 0.110 e. The van der Waals surface area contributed by atoms with Crippen molar-refractivity contribution in [1.29, 1.82) is 0 Å². The summed E-state index contributed by atoms with van der Waals surface area (Å²) in [5.74, 6) is 2.23. The highest BCUT2D eigenvalue weighted by molar-refractivity contribution is 4.95. The zero-order valence-electron chi connectivity index (χ0n) is 12.6. The quantitative estimate of drug-likeness (QED) is 0.779. The highest BCUT2D eigenvalue weighted by Crippen LogP contribution is 2.29. The number of rotatable bonds is 8. The second kappa shape index (κ2) is 7.68. The minimum absolute atomic E-state index is 0.596. The van der Waals surface area contributed by atoms with Gasteiger partial charge in [0, 0.05) is 31.4 Å². The molecule has 1 unspecified atom stereocenters. The van der Waals surface area contributed by atoms with E-state index >= 15 is 0 Å². The maximum absolute atomic E-state index is 4.51. The highest BCUT2D eigenvalue weighted by Gasteiger charge is 2.18. The van der Waals surface area contributed by atoms with Crippen molar-refractivity contribution in [2.24, 2.45) is 5.92 Å². The average molecular weight is 263 g/mol. The number of nitrogens with zero attached hydrogens (tertiary/aromatic N) is 2. The van der Waals surface area contributed by atoms with Gasteiger partial charge in [-0.2, -0.15) is 0 Å². The molecule has 0 bridgehead atoms. The SMILES string of the molecule is CCNC(CCC1CCCC1)Cc1nccn1CC. The summed E-state index contributed by atoms with van der Waals surface area (Å²) >= 11 is 0. The Kier molecular flexibility index (Phi) is 5.90. The predicted molar refractivity (Wildman–Crippen MR) is 80.3 cm³/mol. The third-order valence-corrected chi connectivity index (χ3v) is 4.46. The first-order chi connectivity index (χ1) is 9.33. The van der Waals surface area contributed by atoms with Gasteiger partial charge < -0.3 is 9.88 Å². The second-order valence-electron chi connectivity index (χ2n) is 5.82. The molecule has 0 spiro atoms. The van der Waals surface area contributed by atoms with Gasteiger partial charge in [-0.15, -0.1) is 0 Å². The average Bonchev–Trinajstić information content (AvgIpc) is 3.07. The van der Waals surface area contributed by atoms with Crippen molar-refractivity contribution in [1.82, 2.24) is 14.9 Å². The van der Waals surface area contributed by atoms with E-state index in [9.17, 15) is 0 Å². The number of nitrogens with one attached hydrogen (secondary N) is 1. The summed E-state index contributed by atoms with van der Waals surface area (Å²) in [5, 5.41) is 3.64. The Morgan fingerprint density at radius 2 is 2.16 bits per heavy atom. The molecule has 0 aromatic carbocycles. The summed E-state index contributed by atoms with van der Waals surface area (Å²) in [6.45, 7) is 6.47. The van der Waals surface area contributed by atoms with E-state index in [4.69, 9.17) is 0 Å². The van der Waals surface area contributed by atoms with Gasteiger partial charge in [0.15, 0.2) is 0 Å². The molecule has 108 valence electrons. The van der Waals surface area contributed by atoms with Crippen LogP contribution in [0.15, 0.2) is 12.4 Å². The van der Waals surface area contributed by atoms with Crippen LogP contribution in [0.25, 0.3) is 0 Å². The largest absolute Gasteiger partial charge is 0.335 e. The molecule has 1 heterocycles. The van der Waals surface area contributed by atoms with Gasteiger partial charge in [-0.1, -0.05) is 32.6 Å². The summed E-state index contributed by atoms with van der Waals surface area (Å²) in [6.07, 6.45) is 13.6. The van der Waals surface area contributed by atoms with E-state index in [1.807, 2.05) is 6.20 Å². The van der Waals surface area contributed by atoms with Gasteiger partial charge in [-0.3, -0.25) is 0 Å². The summed E-state index contributed by atoms with van der Waals surface area (Å²) < 4.78 is 2.26. The van der Waals surface area contributed by atoms with Crippen molar-refractivity contribution in [2.75, 3.05) is 6.54 Å². The minimum atomic E-state index is 0.596. The van der Waals surface area contributed by atoms with Crippen molar-refractivity contribution >= 4 is 0 Å². The van der Waals surface area contributed by atoms with Gasteiger partial charge in [-0.25, -0.2) is 4.98 Å². The van der Waals surface area contributed by atoms with Crippen LogP contribution in [0.3, 0.4) is 0 Å². The first-order valence-corrected chi connectivity index (χ1v) is 8.06. The number of likely N-dealkylation sites (N-methyl/N-ethyl adjacent to an activating group) is 1. The standard InChI is InChI=1S/C16H29N3/c1-3-17-15(10-9-14-7-5-6-8-14)13-16-18-11-12-19(16)4-2/h11-12,14-15,17H,3-10,13H2,1-2H3. The van der Waals surface area contributed by atoms with E-state index in [1.54, 1.807) is 0 Å². The molecule has 3 nitrogen and oxygen atoms in total. The van der Waals surface area contributed by atoms with E-state index < -0.39 is 0 Å². The normalized spacial score (nSPS) is 18.0. The summed E-state index contributed by atoms with van der Waals surface area (Å²) in [6, 6.07) is 0.596. The van der Waals surface area contributed by atoms with Crippen LogP contribution < -0.4 is 5.32 Å². The molecule has 2 rings (SSSR count). The minimum Gasteiger partial charge on any atom is -0.335 e. The molecule has 0 amide bonds. The third-order valence-electron chi connectivity index (χ3n) is 4.46. The van der Waals surface area contributed by atoms with E-state index in [1.165, 1.54) is 44.3 Å². The molecule has 1 aliphatic carbocycles. The predicted octanol–water partition coefficient (Wildman–Crippen LogP) is 3.39. The number of hydrogen-bond acceptors (Lipinski definition) is 2. The Morgan fingerprint density at radius 1 is 1.37 bits per heavy atom. The van der Waals surface area contributed by atoms with Crippen LogP contribution in [-0.2, 0) is 13.0 Å². The molecule has 1 atom stereocenters. The van der Waals surface area contributed by atoms with Crippen molar-refractivity contribution in [3.05, 3.63) is 18.2 Å². The van der Waals surface area contributed by atoms with Crippen LogP contribution in [0.4, 0.5) is 0 Å². The molecule has 1 saturated carbocycles. The van der Waals surface area contributed by atoms with E-state index in [2.05, 4.69) is 34.9 Å². The molecule has 1 aromatic heterocycles. The van der Waals surface area contributed by atoms with E-state index in [0.717, 1.165) is 25.4 Å². The van der Waals surface area contributed by atoms with E-state index in [-0.39, 0.29) is 0 Å². The first kappa shape index (κ1) is 14.6. The number of imidazole rings is 1. The first-order valence-electron chi connectivity index (χ1n) is 8.06. The van der Waals surface area contributed by atoms with Crippen molar-refractivity contribution < 1.29 is 0 Å². The van der Waals surface area contributed by atoms with Gasteiger partial charge >= 0.3 is 0 Å². The molecule has 0 aliphatic heterocycles. The lowest BCUT2D eigenvalue weighted by Gasteiger charge is -2.20. The lowest BCUT2D eigenvalue weighted by atomic mass is 9.97. The maximum atomic E-state index is 4.51. The summed E-state index contributed by atoms with van der Waals surface area (Å²) in [7, 11) is 0. The highest BCUT2D eigenvalue weighted by atomic mass is 15.1.